The Balaban J connectivity index is 2.69. The van der Waals surface area contributed by atoms with Crippen LogP contribution in [0, 0.1) is 0 Å². The van der Waals surface area contributed by atoms with E-state index in [1.165, 1.54) is 0 Å². The molecule has 1 aliphatic rings. The van der Waals surface area contributed by atoms with Gasteiger partial charge in [0.05, 0.1) is 0 Å². The zero-order chi connectivity index (χ0) is 12.0. The van der Waals surface area contributed by atoms with Gasteiger partial charge in [-0.3, -0.25) is 14.5 Å². The lowest BCUT2D eigenvalue weighted by atomic mass is 10.2. The number of rotatable bonds is 1. The van der Waals surface area contributed by atoms with Crippen molar-refractivity contribution in [1.82, 2.24) is 14.9 Å². The minimum atomic E-state index is -0.733. The van der Waals surface area contributed by atoms with Crippen LogP contribution in [0.25, 0.3) is 0 Å². The molecule has 0 bridgehead atoms. The summed E-state index contributed by atoms with van der Waals surface area (Å²) < 4.78 is 0. The third-order valence-corrected chi connectivity index (χ3v) is 2.34. The number of aromatic nitrogens is 2. The van der Waals surface area contributed by atoms with Crippen LogP contribution in [-0.2, 0) is 0 Å². The molecule has 0 unspecified atom stereocenters. The molecule has 2 amide bonds. The van der Waals surface area contributed by atoms with Crippen molar-refractivity contribution < 1.29 is 9.59 Å². The molecule has 2 heterocycles. The number of fused-ring (bicyclic) bond motifs is 1. The van der Waals surface area contributed by atoms with Crippen molar-refractivity contribution in [3.8, 4) is 0 Å². The van der Waals surface area contributed by atoms with Crippen molar-refractivity contribution in [1.29, 1.82) is 0 Å². The minimum absolute atomic E-state index is 0.0155. The smallest absolute Gasteiger partial charge is 0.347 e. The summed E-state index contributed by atoms with van der Waals surface area (Å²) in [5.74, 6) is -1.27. The fourth-order valence-electron chi connectivity index (χ4n) is 1.67. The first-order valence-corrected chi connectivity index (χ1v) is 4.71. The van der Waals surface area contributed by atoms with E-state index in [9.17, 15) is 14.4 Å². The second kappa shape index (κ2) is 3.16. The number of anilines is 1. The van der Waals surface area contributed by atoms with Crippen LogP contribution in [0.4, 0.5) is 5.82 Å². The summed E-state index contributed by atoms with van der Waals surface area (Å²) in [5.41, 5.74) is 4.64. The molecule has 0 saturated carbocycles. The highest BCUT2D eigenvalue weighted by atomic mass is 16.2. The largest absolute Gasteiger partial charge is 0.383 e. The molecule has 7 nitrogen and oxygen atoms in total. The maximum atomic E-state index is 11.8. The SMILES string of the molecule is CC(C)N1C(=O)c2[nH]c(=O)nc(N)c2C1=O. The zero-order valence-corrected chi connectivity index (χ0v) is 8.77. The Bertz CT molecular complexity index is 546. The molecule has 16 heavy (non-hydrogen) atoms. The molecule has 0 saturated heterocycles. The number of hydrogen-bond donors (Lipinski definition) is 2. The first-order chi connectivity index (χ1) is 7.43. The van der Waals surface area contributed by atoms with Crippen molar-refractivity contribution >= 4 is 17.6 Å². The van der Waals surface area contributed by atoms with Gasteiger partial charge in [0, 0.05) is 6.04 Å². The highest BCUT2D eigenvalue weighted by molar-refractivity contribution is 6.22. The summed E-state index contributed by atoms with van der Waals surface area (Å²) >= 11 is 0. The van der Waals surface area contributed by atoms with Crippen molar-refractivity contribution in [2.45, 2.75) is 19.9 Å². The van der Waals surface area contributed by atoms with E-state index in [4.69, 9.17) is 5.73 Å². The van der Waals surface area contributed by atoms with Crippen molar-refractivity contribution in [3.05, 3.63) is 21.7 Å². The minimum Gasteiger partial charge on any atom is -0.383 e. The molecule has 7 heteroatoms. The zero-order valence-electron chi connectivity index (χ0n) is 8.77. The van der Waals surface area contributed by atoms with Gasteiger partial charge >= 0.3 is 5.69 Å². The molecule has 0 atom stereocenters. The fourth-order valence-corrected chi connectivity index (χ4v) is 1.67. The van der Waals surface area contributed by atoms with E-state index in [0.717, 1.165) is 4.90 Å². The van der Waals surface area contributed by atoms with Gasteiger partial charge in [0.15, 0.2) is 0 Å². The molecule has 1 aromatic heterocycles. The van der Waals surface area contributed by atoms with E-state index in [2.05, 4.69) is 9.97 Å². The number of H-pyrrole nitrogens is 1. The van der Waals surface area contributed by atoms with E-state index in [1.807, 2.05) is 0 Å². The molecule has 3 N–H and O–H groups in total. The lowest BCUT2D eigenvalue weighted by Gasteiger charge is -2.17. The second-order valence-electron chi connectivity index (χ2n) is 3.75. The predicted octanol–water partition coefficient (Wildman–Crippen LogP) is -0.643. The topological polar surface area (TPSA) is 109 Å². The number of aromatic amines is 1. The molecule has 0 aliphatic carbocycles. The van der Waals surface area contributed by atoms with Crippen LogP contribution >= 0.6 is 0 Å². The third kappa shape index (κ3) is 1.21. The van der Waals surface area contributed by atoms with E-state index >= 15 is 0 Å². The van der Waals surface area contributed by atoms with Crippen LogP contribution in [-0.4, -0.2) is 32.7 Å². The molecule has 1 aliphatic heterocycles. The molecule has 0 spiro atoms. The number of nitrogens with one attached hydrogen (secondary N) is 1. The summed E-state index contributed by atoms with van der Waals surface area (Å²) in [4.78, 5) is 41.4. The summed E-state index contributed by atoms with van der Waals surface area (Å²) in [6, 6.07) is -0.296. The normalized spacial score (nSPS) is 14.8. The average Bonchev–Trinajstić information content (AvgIpc) is 2.38. The number of imide groups is 1. The Kier molecular flexibility index (Phi) is 2.04. The molecular weight excluding hydrogens is 212 g/mol. The summed E-state index contributed by atoms with van der Waals surface area (Å²) in [6.45, 7) is 3.40. The van der Waals surface area contributed by atoms with Gasteiger partial charge in [0.1, 0.15) is 17.1 Å². The summed E-state index contributed by atoms with van der Waals surface area (Å²) in [5, 5.41) is 0. The van der Waals surface area contributed by atoms with Gasteiger partial charge in [-0.15, -0.1) is 0 Å². The Morgan fingerprint density at radius 1 is 1.25 bits per heavy atom. The monoisotopic (exact) mass is 222 g/mol. The number of carbonyl (C=O) groups is 2. The number of nitrogen functional groups attached to an aromatic ring is 1. The highest BCUT2D eigenvalue weighted by Crippen LogP contribution is 2.24. The number of amides is 2. The van der Waals surface area contributed by atoms with Crippen LogP contribution in [0.15, 0.2) is 4.79 Å². The Hall–Kier alpha value is -2.18. The standard InChI is InChI=1S/C9H10N4O3/c1-3(2)13-7(14)4-5(8(13)15)11-9(16)12-6(4)10/h3H,1-2H3,(H3,10,11,12,16). The van der Waals surface area contributed by atoms with Gasteiger partial charge in [-0.2, -0.15) is 4.98 Å². The van der Waals surface area contributed by atoms with E-state index in [1.54, 1.807) is 13.8 Å². The Morgan fingerprint density at radius 3 is 2.44 bits per heavy atom. The van der Waals surface area contributed by atoms with Crippen molar-refractivity contribution in [2.24, 2.45) is 0 Å². The lowest BCUT2D eigenvalue weighted by molar-refractivity contribution is 0.0607. The number of nitrogens with two attached hydrogens (primary N) is 1. The average molecular weight is 222 g/mol. The fraction of sp³-hybridized carbons (Fsp3) is 0.333. The first kappa shape index (κ1) is 10.3. The van der Waals surface area contributed by atoms with Crippen LogP contribution in [0.1, 0.15) is 34.7 Å². The van der Waals surface area contributed by atoms with Crippen LogP contribution in [0.2, 0.25) is 0 Å². The van der Waals surface area contributed by atoms with E-state index in [0.29, 0.717) is 0 Å². The van der Waals surface area contributed by atoms with Gasteiger partial charge in [-0.1, -0.05) is 0 Å². The first-order valence-electron chi connectivity index (χ1n) is 4.71. The molecule has 1 aromatic rings. The lowest BCUT2D eigenvalue weighted by Crippen LogP contribution is -2.36. The number of carbonyl (C=O) groups excluding carboxylic acids is 2. The number of nitrogens with zero attached hydrogens (tertiary/aromatic N) is 2. The summed E-state index contributed by atoms with van der Waals surface area (Å²) in [7, 11) is 0. The van der Waals surface area contributed by atoms with Crippen molar-refractivity contribution in [2.75, 3.05) is 5.73 Å². The quantitative estimate of drug-likeness (QED) is 0.614. The maximum absolute atomic E-state index is 11.8. The Labute approximate surface area is 90.3 Å². The predicted molar refractivity (Wildman–Crippen MR) is 54.9 cm³/mol. The third-order valence-electron chi connectivity index (χ3n) is 2.34. The van der Waals surface area contributed by atoms with Crippen LogP contribution in [0.5, 0.6) is 0 Å². The van der Waals surface area contributed by atoms with Gasteiger partial charge in [0.25, 0.3) is 11.8 Å². The van der Waals surface area contributed by atoms with Gasteiger partial charge in [-0.25, -0.2) is 4.79 Å². The molecule has 84 valence electrons. The molecule has 0 radical (unpaired) electrons. The van der Waals surface area contributed by atoms with Crippen LogP contribution in [0.3, 0.4) is 0 Å². The highest BCUT2D eigenvalue weighted by Gasteiger charge is 2.40. The van der Waals surface area contributed by atoms with Crippen LogP contribution < -0.4 is 11.4 Å². The van der Waals surface area contributed by atoms with Gasteiger partial charge in [-0.05, 0) is 13.8 Å². The molecule has 2 rings (SSSR count). The number of hydrogen-bond acceptors (Lipinski definition) is 5. The van der Waals surface area contributed by atoms with E-state index in [-0.39, 0.29) is 23.1 Å². The van der Waals surface area contributed by atoms with Gasteiger partial charge in [0.2, 0.25) is 0 Å². The molecule has 0 fully saturated rings. The summed E-state index contributed by atoms with van der Waals surface area (Å²) in [6.07, 6.45) is 0. The molecule has 0 aromatic carbocycles. The molecular formula is C9H10N4O3. The second-order valence-corrected chi connectivity index (χ2v) is 3.75. The van der Waals surface area contributed by atoms with Gasteiger partial charge < -0.3 is 10.7 Å². The van der Waals surface area contributed by atoms with E-state index < -0.39 is 17.5 Å². The maximum Gasteiger partial charge on any atom is 0.347 e. The van der Waals surface area contributed by atoms with Crippen molar-refractivity contribution in [3.63, 3.8) is 0 Å². The Morgan fingerprint density at radius 2 is 1.88 bits per heavy atom.